The fourth-order valence-corrected chi connectivity index (χ4v) is 3.33. The molecule has 0 fully saturated rings. The molecule has 1 atom stereocenters. The van der Waals surface area contributed by atoms with Crippen LogP contribution in [0.25, 0.3) is 0 Å². The third kappa shape index (κ3) is 5.57. The SMILES string of the molecule is COc1cc(OC)cc(C(NC(=O)NCCc2cccc(C(N)=O)c2)c2nccn2C)c1. The average molecular weight is 438 g/mol. The maximum absolute atomic E-state index is 12.7. The van der Waals surface area contributed by atoms with Crippen molar-refractivity contribution in [2.24, 2.45) is 12.8 Å². The minimum atomic E-state index is -0.530. The average Bonchev–Trinajstić information content (AvgIpc) is 3.22. The number of carbonyl (C=O) groups is 2. The Kier molecular flexibility index (Phi) is 7.33. The van der Waals surface area contributed by atoms with Crippen molar-refractivity contribution in [1.29, 1.82) is 0 Å². The highest BCUT2D eigenvalue weighted by Gasteiger charge is 2.22. The van der Waals surface area contributed by atoms with E-state index >= 15 is 0 Å². The van der Waals surface area contributed by atoms with Crippen molar-refractivity contribution in [3.8, 4) is 11.5 Å². The number of amides is 3. The molecule has 0 aliphatic rings. The van der Waals surface area contributed by atoms with E-state index in [1.54, 1.807) is 44.7 Å². The van der Waals surface area contributed by atoms with Crippen molar-refractivity contribution < 1.29 is 19.1 Å². The number of urea groups is 1. The molecule has 0 aliphatic carbocycles. The van der Waals surface area contributed by atoms with Crippen molar-refractivity contribution >= 4 is 11.9 Å². The van der Waals surface area contributed by atoms with Crippen LogP contribution in [0.1, 0.15) is 33.4 Å². The first kappa shape index (κ1) is 22.7. The fourth-order valence-electron chi connectivity index (χ4n) is 3.33. The van der Waals surface area contributed by atoms with Gasteiger partial charge in [0.1, 0.15) is 23.4 Å². The molecule has 3 aromatic rings. The van der Waals surface area contributed by atoms with E-state index in [0.29, 0.717) is 35.9 Å². The Morgan fingerprint density at radius 2 is 1.84 bits per heavy atom. The Morgan fingerprint density at radius 1 is 1.12 bits per heavy atom. The van der Waals surface area contributed by atoms with Gasteiger partial charge in [-0.3, -0.25) is 4.79 Å². The van der Waals surface area contributed by atoms with Gasteiger partial charge in [-0.15, -0.1) is 0 Å². The molecular formula is C23H27N5O4. The van der Waals surface area contributed by atoms with Crippen molar-refractivity contribution in [2.45, 2.75) is 12.5 Å². The maximum atomic E-state index is 12.7. The number of hydrogen-bond donors (Lipinski definition) is 3. The minimum absolute atomic E-state index is 0.356. The van der Waals surface area contributed by atoms with Gasteiger partial charge >= 0.3 is 6.03 Å². The third-order valence-corrected chi connectivity index (χ3v) is 5.01. The van der Waals surface area contributed by atoms with Crippen LogP contribution in [-0.4, -0.2) is 42.3 Å². The minimum Gasteiger partial charge on any atom is -0.497 e. The lowest BCUT2D eigenvalue weighted by molar-refractivity contribution is 0.1000. The standard InChI is InChI=1S/C23H27N5O4/c1-28-10-9-25-22(28)20(17-12-18(31-2)14-19(13-17)32-3)27-23(30)26-8-7-15-5-4-6-16(11-15)21(24)29/h4-6,9-14,20H,7-8H2,1-3H3,(H2,24,29)(H2,26,27,30). The van der Waals surface area contributed by atoms with Crippen molar-refractivity contribution in [1.82, 2.24) is 20.2 Å². The number of ether oxygens (including phenoxy) is 2. The lowest BCUT2D eigenvalue weighted by Gasteiger charge is -2.21. The van der Waals surface area contributed by atoms with E-state index in [9.17, 15) is 9.59 Å². The van der Waals surface area contributed by atoms with E-state index in [1.807, 2.05) is 36.0 Å². The number of primary amides is 1. The first-order valence-electron chi connectivity index (χ1n) is 10.0. The first-order valence-corrected chi connectivity index (χ1v) is 10.0. The number of rotatable bonds is 9. The Hall–Kier alpha value is -4.01. The van der Waals surface area contributed by atoms with Crippen LogP contribution < -0.4 is 25.8 Å². The van der Waals surface area contributed by atoms with Crippen LogP contribution in [-0.2, 0) is 13.5 Å². The van der Waals surface area contributed by atoms with E-state index in [0.717, 1.165) is 11.1 Å². The second kappa shape index (κ2) is 10.3. The number of methoxy groups -OCH3 is 2. The summed E-state index contributed by atoms with van der Waals surface area (Å²) < 4.78 is 12.6. The number of aromatic nitrogens is 2. The summed E-state index contributed by atoms with van der Waals surface area (Å²) in [6.45, 7) is 0.378. The zero-order valence-corrected chi connectivity index (χ0v) is 18.3. The molecule has 2 aromatic carbocycles. The second-order valence-electron chi connectivity index (χ2n) is 7.19. The first-order chi connectivity index (χ1) is 15.4. The number of nitrogens with two attached hydrogens (primary N) is 1. The molecule has 3 rings (SSSR count). The van der Waals surface area contributed by atoms with Gasteiger partial charge in [-0.05, 0) is 41.8 Å². The lowest BCUT2D eigenvalue weighted by atomic mass is 10.1. The summed E-state index contributed by atoms with van der Waals surface area (Å²) in [4.78, 5) is 28.5. The Bertz CT molecular complexity index is 1070. The van der Waals surface area contributed by atoms with Crippen LogP contribution in [0.4, 0.5) is 4.79 Å². The summed E-state index contributed by atoms with van der Waals surface area (Å²) in [6.07, 6.45) is 4.03. The van der Waals surface area contributed by atoms with E-state index in [-0.39, 0.29) is 6.03 Å². The highest BCUT2D eigenvalue weighted by atomic mass is 16.5. The molecule has 1 heterocycles. The van der Waals surface area contributed by atoms with Gasteiger partial charge in [0, 0.05) is 37.6 Å². The summed E-state index contributed by atoms with van der Waals surface area (Å²) >= 11 is 0. The van der Waals surface area contributed by atoms with Gasteiger partial charge in [0.05, 0.1) is 14.2 Å². The largest absolute Gasteiger partial charge is 0.497 e. The van der Waals surface area contributed by atoms with Gasteiger partial charge in [0.25, 0.3) is 0 Å². The van der Waals surface area contributed by atoms with Gasteiger partial charge in [-0.2, -0.15) is 0 Å². The second-order valence-corrected chi connectivity index (χ2v) is 7.19. The number of carbonyl (C=O) groups excluding carboxylic acids is 2. The molecule has 4 N–H and O–H groups in total. The Morgan fingerprint density at radius 3 is 2.44 bits per heavy atom. The third-order valence-electron chi connectivity index (χ3n) is 5.01. The lowest BCUT2D eigenvalue weighted by Crippen LogP contribution is -2.40. The van der Waals surface area contributed by atoms with E-state index < -0.39 is 11.9 Å². The molecule has 0 saturated carbocycles. The molecule has 168 valence electrons. The van der Waals surface area contributed by atoms with Gasteiger partial charge < -0.3 is 30.4 Å². The maximum Gasteiger partial charge on any atom is 0.315 e. The zero-order valence-electron chi connectivity index (χ0n) is 18.3. The molecule has 0 aliphatic heterocycles. The van der Waals surface area contributed by atoms with Gasteiger partial charge in [-0.25, -0.2) is 9.78 Å². The summed E-state index contributed by atoms with van der Waals surface area (Å²) in [6, 6.07) is 11.6. The predicted octanol–water partition coefficient (Wildman–Crippen LogP) is 2.17. The van der Waals surface area contributed by atoms with Crippen LogP contribution >= 0.6 is 0 Å². The van der Waals surface area contributed by atoms with Crippen LogP contribution in [0.2, 0.25) is 0 Å². The molecule has 1 aromatic heterocycles. The predicted molar refractivity (Wildman–Crippen MR) is 120 cm³/mol. The number of nitrogens with one attached hydrogen (secondary N) is 2. The van der Waals surface area contributed by atoms with E-state index in [4.69, 9.17) is 15.2 Å². The summed E-state index contributed by atoms with van der Waals surface area (Å²) in [5.74, 6) is 1.39. The summed E-state index contributed by atoms with van der Waals surface area (Å²) in [5, 5.41) is 5.83. The fraction of sp³-hybridized carbons (Fsp3) is 0.261. The van der Waals surface area contributed by atoms with E-state index in [1.165, 1.54) is 0 Å². The molecule has 0 saturated heterocycles. The molecule has 1 unspecified atom stereocenters. The topological polar surface area (TPSA) is 120 Å². The number of aryl methyl sites for hydroxylation is 1. The number of hydrogen-bond acceptors (Lipinski definition) is 5. The summed E-state index contributed by atoms with van der Waals surface area (Å²) in [5.41, 5.74) is 7.43. The number of benzene rings is 2. The van der Waals surface area contributed by atoms with Crippen LogP contribution in [0, 0.1) is 0 Å². The monoisotopic (exact) mass is 437 g/mol. The molecule has 0 spiro atoms. The Balaban J connectivity index is 1.73. The number of imidazole rings is 1. The normalized spacial score (nSPS) is 11.5. The van der Waals surface area contributed by atoms with Crippen molar-refractivity contribution in [3.05, 3.63) is 77.4 Å². The highest BCUT2D eigenvalue weighted by Crippen LogP contribution is 2.29. The molecule has 9 heteroatoms. The highest BCUT2D eigenvalue weighted by molar-refractivity contribution is 5.92. The van der Waals surface area contributed by atoms with Gasteiger partial charge in [-0.1, -0.05) is 12.1 Å². The molecular weight excluding hydrogens is 410 g/mol. The van der Waals surface area contributed by atoms with Gasteiger partial charge in [0.2, 0.25) is 5.91 Å². The van der Waals surface area contributed by atoms with Crippen LogP contribution in [0.5, 0.6) is 11.5 Å². The molecule has 0 bridgehead atoms. The summed E-state index contributed by atoms with van der Waals surface area (Å²) in [7, 11) is 5.00. The zero-order chi connectivity index (χ0) is 23.1. The molecule has 0 radical (unpaired) electrons. The smallest absolute Gasteiger partial charge is 0.315 e. The van der Waals surface area contributed by atoms with E-state index in [2.05, 4.69) is 15.6 Å². The molecule has 9 nitrogen and oxygen atoms in total. The quantitative estimate of drug-likeness (QED) is 0.474. The van der Waals surface area contributed by atoms with Crippen LogP contribution in [0.15, 0.2) is 54.9 Å². The Labute approximate surface area is 186 Å². The van der Waals surface area contributed by atoms with Crippen molar-refractivity contribution in [3.63, 3.8) is 0 Å². The van der Waals surface area contributed by atoms with Crippen LogP contribution in [0.3, 0.4) is 0 Å². The van der Waals surface area contributed by atoms with Gasteiger partial charge in [0.15, 0.2) is 0 Å². The van der Waals surface area contributed by atoms with Crippen molar-refractivity contribution in [2.75, 3.05) is 20.8 Å². The molecule has 3 amide bonds. The molecule has 32 heavy (non-hydrogen) atoms. The number of nitrogens with zero attached hydrogens (tertiary/aromatic N) is 2.